The maximum atomic E-state index is 6.11. The number of aryl methyl sites for hydroxylation is 1. The molecule has 2 nitrogen and oxygen atoms in total. The summed E-state index contributed by atoms with van der Waals surface area (Å²) in [7, 11) is 0. The normalized spacial score (nSPS) is 10.6. The molecule has 0 radical (unpaired) electrons. The van der Waals surface area contributed by atoms with Crippen LogP contribution in [0, 0.1) is 6.92 Å². The molecular weight excluding hydrogens is 267 g/mol. The first-order valence-electron chi connectivity index (χ1n) is 5.71. The number of pyridine rings is 1. The Bertz CT molecular complexity index is 521. The topological polar surface area (TPSA) is 24.9 Å². The molecule has 0 aliphatic rings. The van der Waals surface area contributed by atoms with E-state index in [0.29, 0.717) is 16.6 Å². The van der Waals surface area contributed by atoms with Crippen molar-refractivity contribution in [1.29, 1.82) is 0 Å². The predicted octanol–water partition coefficient (Wildman–Crippen LogP) is 3.99. The third-order valence-electron chi connectivity index (χ3n) is 2.82. The van der Waals surface area contributed by atoms with Crippen molar-refractivity contribution in [3.8, 4) is 0 Å². The number of halogens is 2. The fraction of sp³-hybridized carbons (Fsp3) is 0.214. The van der Waals surface area contributed by atoms with Crippen molar-refractivity contribution in [2.45, 2.75) is 20.0 Å². The summed E-state index contributed by atoms with van der Waals surface area (Å²) in [5.41, 5.74) is 3.34. The molecule has 1 heterocycles. The molecule has 94 valence electrons. The number of aromatic nitrogens is 1. The third kappa shape index (κ3) is 3.22. The van der Waals surface area contributed by atoms with Gasteiger partial charge in [0.2, 0.25) is 0 Å². The Morgan fingerprint density at radius 2 is 1.83 bits per heavy atom. The van der Waals surface area contributed by atoms with Gasteiger partial charge in [-0.15, -0.1) is 0 Å². The standard InChI is InChI=1S/C14H14Cl2N2/c1-10-7-17-6-5-11(10)8-18-9-12-13(15)3-2-4-14(12)16/h2-7,18H,8-9H2,1H3. The molecule has 0 amide bonds. The highest BCUT2D eigenvalue weighted by Gasteiger charge is 2.05. The van der Waals surface area contributed by atoms with Gasteiger partial charge in [-0.1, -0.05) is 29.3 Å². The predicted molar refractivity (Wildman–Crippen MR) is 76.0 cm³/mol. The molecule has 0 fully saturated rings. The molecule has 0 unspecified atom stereocenters. The van der Waals surface area contributed by atoms with Crippen LogP contribution in [0.1, 0.15) is 16.7 Å². The minimum atomic E-state index is 0.653. The summed E-state index contributed by atoms with van der Waals surface area (Å²) >= 11 is 12.2. The van der Waals surface area contributed by atoms with Crippen molar-refractivity contribution in [3.63, 3.8) is 0 Å². The molecule has 4 heteroatoms. The van der Waals surface area contributed by atoms with Crippen LogP contribution in [0.15, 0.2) is 36.7 Å². The molecule has 0 aliphatic carbocycles. The molecule has 0 saturated heterocycles. The summed E-state index contributed by atoms with van der Waals surface area (Å²) in [4.78, 5) is 4.07. The molecular formula is C14H14Cl2N2. The number of benzene rings is 1. The highest BCUT2D eigenvalue weighted by molar-refractivity contribution is 6.35. The zero-order chi connectivity index (χ0) is 13.0. The Balaban J connectivity index is 1.99. The molecule has 2 aromatic rings. The Kier molecular flexibility index (Phi) is 4.59. The monoisotopic (exact) mass is 280 g/mol. The van der Waals surface area contributed by atoms with Crippen LogP contribution in [0.3, 0.4) is 0 Å². The van der Waals surface area contributed by atoms with E-state index in [2.05, 4.69) is 10.3 Å². The van der Waals surface area contributed by atoms with Crippen molar-refractivity contribution >= 4 is 23.2 Å². The summed E-state index contributed by atoms with van der Waals surface area (Å²) in [5.74, 6) is 0. The summed E-state index contributed by atoms with van der Waals surface area (Å²) in [6.07, 6.45) is 3.66. The average Bonchev–Trinajstić information content (AvgIpc) is 2.35. The third-order valence-corrected chi connectivity index (χ3v) is 3.52. The summed E-state index contributed by atoms with van der Waals surface area (Å²) in [6, 6.07) is 7.56. The van der Waals surface area contributed by atoms with E-state index in [4.69, 9.17) is 23.2 Å². The van der Waals surface area contributed by atoms with Crippen LogP contribution < -0.4 is 5.32 Å². The largest absolute Gasteiger partial charge is 0.308 e. The second-order valence-electron chi connectivity index (χ2n) is 4.11. The van der Waals surface area contributed by atoms with Crippen molar-refractivity contribution in [3.05, 3.63) is 63.4 Å². The molecule has 1 aromatic heterocycles. The minimum Gasteiger partial charge on any atom is -0.308 e. The van der Waals surface area contributed by atoms with Crippen LogP contribution >= 0.6 is 23.2 Å². The molecule has 0 atom stereocenters. The summed E-state index contributed by atoms with van der Waals surface area (Å²) in [5, 5.41) is 4.74. The van der Waals surface area contributed by atoms with Crippen molar-refractivity contribution in [2.75, 3.05) is 0 Å². The van der Waals surface area contributed by atoms with Gasteiger partial charge in [-0.25, -0.2) is 0 Å². The van der Waals surface area contributed by atoms with Crippen LogP contribution in [0.5, 0.6) is 0 Å². The van der Waals surface area contributed by atoms with Gasteiger partial charge in [0.25, 0.3) is 0 Å². The first-order valence-corrected chi connectivity index (χ1v) is 6.47. The molecule has 0 spiro atoms. The summed E-state index contributed by atoms with van der Waals surface area (Å²) < 4.78 is 0. The second-order valence-corrected chi connectivity index (χ2v) is 4.92. The minimum absolute atomic E-state index is 0.653. The van der Waals surface area contributed by atoms with E-state index in [9.17, 15) is 0 Å². The molecule has 1 aromatic carbocycles. The summed E-state index contributed by atoms with van der Waals surface area (Å²) in [6.45, 7) is 3.47. The van der Waals surface area contributed by atoms with Gasteiger partial charge in [-0.05, 0) is 36.2 Å². The first kappa shape index (κ1) is 13.3. The number of rotatable bonds is 4. The Hall–Kier alpha value is -1.09. The second kappa shape index (κ2) is 6.19. The highest BCUT2D eigenvalue weighted by atomic mass is 35.5. The Labute approximate surface area is 117 Å². The van der Waals surface area contributed by atoms with Crippen LogP contribution in [0.4, 0.5) is 0 Å². The number of nitrogens with zero attached hydrogens (tertiary/aromatic N) is 1. The Morgan fingerprint density at radius 3 is 2.50 bits per heavy atom. The van der Waals surface area contributed by atoms with Crippen LogP contribution in [0.25, 0.3) is 0 Å². The van der Waals surface area contributed by atoms with E-state index >= 15 is 0 Å². The van der Waals surface area contributed by atoms with Crippen LogP contribution in [-0.4, -0.2) is 4.98 Å². The number of hydrogen-bond acceptors (Lipinski definition) is 2. The van der Waals surface area contributed by atoms with Gasteiger partial charge in [0, 0.05) is 41.1 Å². The maximum absolute atomic E-state index is 6.11. The number of hydrogen-bond donors (Lipinski definition) is 1. The van der Waals surface area contributed by atoms with Gasteiger partial charge in [0.15, 0.2) is 0 Å². The van der Waals surface area contributed by atoms with Gasteiger partial charge >= 0.3 is 0 Å². The fourth-order valence-electron chi connectivity index (χ4n) is 1.72. The molecule has 2 rings (SSSR count). The fourth-order valence-corrected chi connectivity index (χ4v) is 2.26. The van der Waals surface area contributed by atoms with Gasteiger partial charge in [-0.2, -0.15) is 0 Å². The van der Waals surface area contributed by atoms with Crippen molar-refractivity contribution in [2.24, 2.45) is 0 Å². The lowest BCUT2D eigenvalue weighted by atomic mass is 10.1. The van der Waals surface area contributed by atoms with E-state index in [-0.39, 0.29) is 0 Å². The van der Waals surface area contributed by atoms with E-state index in [1.807, 2.05) is 37.4 Å². The highest BCUT2D eigenvalue weighted by Crippen LogP contribution is 2.23. The van der Waals surface area contributed by atoms with Gasteiger partial charge < -0.3 is 5.32 Å². The molecule has 18 heavy (non-hydrogen) atoms. The average molecular weight is 281 g/mol. The lowest BCUT2D eigenvalue weighted by Gasteiger charge is -2.10. The zero-order valence-electron chi connectivity index (χ0n) is 10.1. The molecule has 0 aliphatic heterocycles. The first-order chi connectivity index (χ1) is 8.68. The lowest BCUT2D eigenvalue weighted by molar-refractivity contribution is 0.690. The van der Waals surface area contributed by atoms with E-state index in [0.717, 1.165) is 12.1 Å². The lowest BCUT2D eigenvalue weighted by Crippen LogP contribution is -2.14. The van der Waals surface area contributed by atoms with Crippen LogP contribution in [0.2, 0.25) is 10.0 Å². The zero-order valence-corrected chi connectivity index (χ0v) is 11.6. The van der Waals surface area contributed by atoms with Gasteiger partial charge in [-0.3, -0.25) is 4.98 Å². The van der Waals surface area contributed by atoms with Gasteiger partial charge in [0.05, 0.1) is 0 Å². The molecule has 0 saturated carbocycles. The quantitative estimate of drug-likeness (QED) is 0.916. The molecule has 0 bridgehead atoms. The SMILES string of the molecule is Cc1cnccc1CNCc1c(Cl)cccc1Cl. The van der Waals surface area contributed by atoms with Crippen LogP contribution in [-0.2, 0) is 13.1 Å². The molecule has 1 N–H and O–H groups in total. The van der Waals surface area contributed by atoms with E-state index < -0.39 is 0 Å². The maximum Gasteiger partial charge on any atom is 0.0465 e. The van der Waals surface area contributed by atoms with E-state index in [1.54, 1.807) is 6.20 Å². The van der Waals surface area contributed by atoms with Gasteiger partial charge in [0.1, 0.15) is 0 Å². The van der Waals surface area contributed by atoms with Crippen molar-refractivity contribution < 1.29 is 0 Å². The van der Waals surface area contributed by atoms with Crippen molar-refractivity contribution in [1.82, 2.24) is 10.3 Å². The number of nitrogens with one attached hydrogen (secondary N) is 1. The Morgan fingerprint density at radius 1 is 1.11 bits per heavy atom. The smallest absolute Gasteiger partial charge is 0.0465 e. The van der Waals surface area contributed by atoms with E-state index in [1.165, 1.54) is 11.1 Å².